The van der Waals surface area contributed by atoms with E-state index < -0.39 is 0 Å². The molecule has 16 heavy (non-hydrogen) atoms. The molecule has 0 radical (unpaired) electrons. The van der Waals surface area contributed by atoms with Crippen molar-refractivity contribution >= 4 is 24.1 Å². The van der Waals surface area contributed by atoms with E-state index in [-0.39, 0.29) is 28.8 Å². The highest BCUT2D eigenvalue weighted by Crippen LogP contribution is 2.21. The van der Waals surface area contributed by atoms with Gasteiger partial charge in [0.05, 0.1) is 13.4 Å². The molecule has 1 saturated heterocycles. The summed E-state index contributed by atoms with van der Waals surface area (Å²) in [6.45, 7) is 2.70. The number of nitrogens with one attached hydrogen (secondary N) is 2. The van der Waals surface area contributed by atoms with Gasteiger partial charge in [-0.15, -0.1) is 0 Å². The number of quaternary nitrogens is 1. The van der Waals surface area contributed by atoms with Gasteiger partial charge in [0.25, 0.3) is 0 Å². The van der Waals surface area contributed by atoms with E-state index in [0.29, 0.717) is 0 Å². The van der Waals surface area contributed by atoms with Crippen LogP contribution in [0, 0.1) is 0 Å². The number of carbonyl (C=O) groups excluding carboxylic acids is 1. The molecule has 6 nitrogen and oxygen atoms in total. The van der Waals surface area contributed by atoms with Crippen molar-refractivity contribution in [2.24, 2.45) is 4.99 Å². The first kappa shape index (κ1) is 11.7. The molecule has 3 unspecified atom stereocenters. The van der Waals surface area contributed by atoms with Crippen molar-refractivity contribution in [1.29, 1.82) is 0 Å². The Kier molecular flexibility index (Phi) is 3.67. The summed E-state index contributed by atoms with van der Waals surface area (Å²) in [6.07, 6.45) is 1.87. The van der Waals surface area contributed by atoms with Gasteiger partial charge < -0.3 is 15.4 Å². The first-order valence-electron chi connectivity index (χ1n) is 5.30. The lowest BCUT2D eigenvalue weighted by Gasteiger charge is -2.31. The van der Waals surface area contributed by atoms with Gasteiger partial charge in [-0.2, -0.15) is 0 Å². The number of thioether (sulfide) groups is 1. The molecule has 1 fully saturated rings. The van der Waals surface area contributed by atoms with Crippen molar-refractivity contribution in [3.63, 3.8) is 0 Å². The van der Waals surface area contributed by atoms with Gasteiger partial charge in [0.1, 0.15) is 24.1 Å². The first-order chi connectivity index (χ1) is 7.72. The Labute approximate surface area is 98.6 Å². The van der Waals surface area contributed by atoms with Crippen molar-refractivity contribution in [2.45, 2.75) is 29.8 Å². The molecule has 0 aromatic rings. The topological polar surface area (TPSA) is 79.3 Å². The zero-order valence-electron chi connectivity index (χ0n) is 9.34. The Morgan fingerprint density at radius 1 is 1.75 bits per heavy atom. The number of nitrogens with zero attached hydrogens (tertiary/aromatic N) is 1. The predicted molar refractivity (Wildman–Crippen MR) is 62.0 cm³/mol. The van der Waals surface area contributed by atoms with E-state index >= 15 is 0 Å². The summed E-state index contributed by atoms with van der Waals surface area (Å²) in [7, 11) is 1.42. The number of hydrogen-bond acceptors (Lipinski definition) is 6. The SMILES string of the molecule is COC(=O)[C@@H](C)SC1[NH2+]CNC2N=CNC21. The Balaban J connectivity index is 1.91. The molecular formula is C9H17N4O2S+. The second-order valence-corrected chi connectivity index (χ2v) is 5.35. The van der Waals surface area contributed by atoms with E-state index in [0.717, 1.165) is 6.67 Å². The zero-order valence-corrected chi connectivity index (χ0v) is 10.2. The Morgan fingerprint density at radius 2 is 2.56 bits per heavy atom. The first-order valence-corrected chi connectivity index (χ1v) is 6.24. The number of aliphatic imine (C=N–C) groups is 1. The van der Waals surface area contributed by atoms with Crippen LogP contribution in [0.4, 0.5) is 0 Å². The summed E-state index contributed by atoms with van der Waals surface area (Å²) in [4.78, 5) is 15.6. The third-order valence-electron chi connectivity index (χ3n) is 2.77. The largest absolute Gasteiger partial charge is 0.468 e. The van der Waals surface area contributed by atoms with Crippen LogP contribution >= 0.6 is 11.8 Å². The third-order valence-corrected chi connectivity index (χ3v) is 4.17. The van der Waals surface area contributed by atoms with Gasteiger partial charge in [0, 0.05) is 0 Å². The van der Waals surface area contributed by atoms with E-state index in [1.807, 2.05) is 6.92 Å². The standard InChI is InChI=1S/C9H16N4O2S/c1-5(9(14)15-2)16-8-6-7(11-3-10-6)12-4-13-8/h3,5-8,12-13H,4H2,1-2H3,(H,10,11)/p+1/t5-,6?,7?,8?/m1/s1. The average Bonchev–Trinajstić information content (AvgIpc) is 2.77. The maximum absolute atomic E-state index is 11.4. The lowest BCUT2D eigenvalue weighted by atomic mass is 10.2. The fourth-order valence-corrected chi connectivity index (χ4v) is 3.18. The quantitative estimate of drug-likeness (QED) is 0.504. The fourth-order valence-electron chi connectivity index (χ4n) is 1.90. The van der Waals surface area contributed by atoms with Gasteiger partial charge in [0.15, 0.2) is 5.37 Å². The van der Waals surface area contributed by atoms with Crippen molar-refractivity contribution in [3.05, 3.63) is 0 Å². The number of esters is 1. The van der Waals surface area contributed by atoms with Gasteiger partial charge in [0.2, 0.25) is 0 Å². The number of nitrogens with two attached hydrogens (primary N) is 1. The minimum absolute atomic E-state index is 0.132. The molecule has 4 N–H and O–H groups in total. The van der Waals surface area contributed by atoms with E-state index in [4.69, 9.17) is 4.74 Å². The summed E-state index contributed by atoms with van der Waals surface area (Å²) in [5.41, 5.74) is 0. The van der Waals surface area contributed by atoms with Crippen molar-refractivity contribution in [1.82, 2.24) is 10.6 Å². The van der Waals surface area contributed by atoms with Crippen LogP contribution in [0.3, 0.4) is 0 Å². The molecule has 0 aromatic carbocycles. The van der Waals surface area contributed by atoms with Crippen LogP contribution in [-0.4, -0.2) is 48.9 Å². The number of methoxy groups -OCH3 is 1. The van der Waals surface area contributed by atoms with Gasteiger partial charge in [-0.3, -0.25) is 9.79 Å². The molecule has 2 heterocycles. The molecule has 2 aliphatic rings. The molecule has 2 rings (SSSR count). The molecule has 0 bridgehead atoms. The van der Waals surface area contributed by atoms with Crippen LogP contribution in [0.5, 0.6) is 0 Å². The lowest BCUT2D eigenvalue weighted by Crippen LogP contribution is -2.98. The molecule has 0 aliphatic carbocycles. The summed E-state index contributed by atoms with van der Waals surface area (Å²) < 4.78 is 4.72. The Bertz CT molecular complexity index is 299. The number of fused-ring (bicyclic) bond motifs is 1. The van der Waals surface area contributed by atoms with Crippen LogP contribution in [0.2, 0.25) is 0 Å². The molecular weight excluding hydrogens is 228 g/mol. The van der Waals surface area contributed by atoms with Crippen LogP contribution < -0.4 is 16.0 Å². The number of carbonyl (C=O) groups is 1. The Hall–Kier alpha value is -0.790. The van der Waals surface area contributed by atoms with Crippen LogP contribution in [0.25, 0.3) is 0 Å². The minimum Gasteiger partial charge on any atom is -0.468 e. The highest BCUT2D eigenvalue weighted by Gasteiger charge is 2.40. The average molecular weight is 245 g/mol. The van der Waals surface area contributed by atoms with Gasteiger partial charge >= 0.3 is 5.97 Å². The lowest BCUT2D eigenvalue weighted by molar-refractivity contribution is -0.683. The molecule has 0 saturated carbocycles. The fraction of sp³-hybridized carbons (Fsp3) is 0.778. The maximum Gasteiger partial charge on any atom is 0.318 e. The van der Waals surface area contributed by atoms with Crippen LogP contribution in [-0.2, 0) is 9.53 Å². The molecule has 4 atom stereocenters. The van der Waals surface area contributed by atoms with E-state index in [9.17, 15) is 4.79 Å². The normalized spacial score (nSPS) is 34.0. The summed E-state index contributed by atoms with van der Waals surface area (Å²) in [5, 5.41) is 8.80. The second-order valence-electron chi connectivity index (χ2n) is 3.83. The molecule has 0 amide bonds. The highest BCUT2D eigenvalue weighted by molar-refractivity contribution is 8.01. The van der Waals surface area contributed by atoms with Gasteiger partial charge in [-0.05, 0) is 6.92 Å². The van der Waals surface area contributed by atoms with Crippen LogP contribution in [0.15, 0.2) is 4.99 Å². The van der Waals surface area contributed by atoms with E-state index in [1.54, 1.807) is 18.1 Å². The molecule has 90 valence electrons. The molecule has 2 aliphatic heterocycles. The Morgan fingerprint density at radius 3 is 3.31 bits per heavy atom. The number of hydrogen-bond donors (Lipinski definition) is 3. The summed E-state index contributed by atoms with van der Waals surface area (Å²) in [5.74, 6) is -0.174. The highest BCUT2D eigenvalue weighted by atomic mass is 32.2. The van der Waals surface area contributed by atoms with Crippen molar-refractivity contribution < 1.29 is 14.8 Å². The monoisotopic (exact) mass is 245 g/mol. The van der Waals surface area contributed by atoms with Gasteiger partial charge in [-0.25, -0.2) is 5.32 Å². The second kappa shape index (κ2) is 5.03. The summed E-state index contributed by atoms with van der Waals surface area (Å²) >= 11 is 1.62. The zero-order chi connectivity index (χ0) is 11.5. The summed E-state index contributed by atoms with van der Waals surface area (Å²) in [6, 6.07) is 0.242. The molecule has 0 aromatic heterocycles. The van der Waals surface area contributed by atoms with Gasteiger partial charge in [-0.1, -0.05) is 11.8 Å². The molecule has 7 heteroatoms. The number of ether oxygens (including phenoxy) is 1. The maximum atomic E-state index is 11.4. The van der Waals surface area contributed by atoms with Crippen molar-refractivity contribution in [3.8, 4) is 0 Å². The molecule has 0 spiro atoms. The third kappa shape index (κ3) is 2.31. The smallest absolute Gasteiger partial charge is 0.318 e. The van der Waals surface area contributed by atoms with E-state index in [2.05, 4.69) is 20.9 Å². The minimum atomic E-state index is -0.174. The van der Waals surface area contributed by atoms with Crippen molar-refractivity contribution in [2.75, 3.05) is 13.8 Å². The van der Waals surface area contributed by atoms with Crippen LogP contribution in [0.1, 0.15) is 6.92 Å². The predicted octanol–water partition coefficient (Wildman–Crippen LogP) is -1.94. The van der Waals surface area contributed by atoms with E-state index in [1.165, 1.54) is 7.11 Å². The number of rotatable bonds is 3.